The molecule has 0 fully saturated rings. The summed E-state index contributed by atoms with van der Waals surface area (Å²) in [6.07, 6.45) is 0.0670. The number of amides is 1. The third kappa shape index (κ3) is 6.47. The third-order valence-corrected chi connectivity index (χ3v) is 3.79. The quantitative estimate of drug-likeness (QED) is 0.759. The fourth-order valence-electron chi connectivity index (χ4n) is 2.04. The van der Waals surface area contributed by atoms with Gasteiger partial charge in [0.15, 0.2) is 6.61 Å². The van der Waals surface area contributed by atoms with Crippen LogP contribution in [0.4, 0.5) is 5.69 Å². The van der Waals surface area contributed by atoms with Crippen molar-refractivity contribution >= 4 is 29.2 Å². The number of carbonyl (C=O) groups is 2. The van der Waals surface area contributed by atoms with Gasteiger partial charge >= 0.3 is 5.97 Å². The van der Waals surface area contributed by atoms with Crippen molar-refractivity contribution in [2.45, 2.75) is 20.3 Å². The number of rotatable bonds is 7. The van der Waals surface area contributed by atoms with Crippen LogP contribution in [-0.2, 0) is 14.3 Å². The molecule has 0 atom stereocenters. The third-order valence-electron chi connectivity index (χ3n) is 3.38. The lowest BCUT2D eigenvalue weighted by Gasteiger charge is -2.09. The number of hydrogen-bond acceptors (Lipinski definition) is 4. The van der Waals surface area contributed by atoms with Crippen LogP contribution in [0.1, 0.15) is 17.5 Å². The van der Waals surface area contributed by atoms with Crippen molar-refractivity contribution in [2.75, 3.05) is 18.5 Å². The maximum absolute atomic E-state index is 11.8. The largest absolute Gasteiger partial charge is 0.493 e. The molecule has 2 aromatic carbocycles. The molecule has 0 heterocycles. The lowest BCUT2D eigenvalue weighted by Crippen LogP contribution is -2.21. The van der Waals surface area contributed by atoms with Crippen LogP contribution in [0.5, 0.6) is 5.75 Å². The second-order valence-electron chi connectivity index (χ2n) is 5.59. The van der Waals surface area contributed by atoms with Gasteiger partial charge in [-0.3, -0.25) is 9.59 Å². The van der Waals surface area contributed by atoms with Crippen LogP contribution in [0.25, 0.3) is 0 Å². The van der Waals surface area contributed by atoms with Crippen LogP contribution < -0.4 is 10.1 Å². The summed E-state index contributed by atoms with van der Waals surface area (Å²) in [6.45, 7) is 3.67. The van der Waals surface area contributed by atoms with Gasteiger partial charge in [0.05, 0.1) is 13.0 Å². The number of halogens is 1. The minimum Gasteiger partial charge on any atom is -0.493 e. The summed E-state index contributed by atoms with van der Waals surface area (Å²) < 4.78 is 10.4. The van der Waals surface area contributed by atoms with E-state index >= 15 is 0 Å². The molecule has 0 saturated carbocycles. The van der Waals surface area contributed by atoms with Gasteiger partial charge in [-0.2, -0.15) is 0 Å². The van der Waals surface area contributed by atoms with Gasteiger partial charge < -0.3 is 14.8 Å². The summed E-state index contributed by atoms with van der Waals surface area (Å²) in [4.78, 5) is 23.4. The van der Waals surface area contributed by atoms with Gasteiger partial charge in [0.1, 0.15) is 5.75 Å². The molecule has 0 aromatic heterocycles. The minimum atomic E-state index is -0.496. The van der Waals surface area contributed by atoms with Crippen molar-refractivity contribution in [3.05, 3.63) is 58.6 Å². The summed E-state index contributed by atoms with van der Waals surface area (Å²) >= 11 is 5.99. The topological polar surface area (TPSA) is 64.6 Å². The molecule has 0 saturated heterocycles. The van der Waals surface area contributed by atoms with Gasteiger partial charge in [-0.05, 0) is 49.2 Å². The van der Waals surface area contributed by atoms with E-state index in [0.29, 0.717) is 16.5 Å². The number of aryl methyl sites for hydroxylation is 2. The molecule has 25 heavy (non-hydrogen) atoms. The van der Waals surface area contributed by atoms with Gasteiger partial charge in [0, 0.05) is 10.7 Å². The number of anilines is 1. The average molecular weight is 362 g/mol. The molecule has 6 heteroatoms. The molecule has 132 valence electrons. The molecule has 0 unspecified atom stereocenters. The molecule has 2 aromatic rings. The van der Waals surface area contributed by atoms with E-state index < -0.39 is 11.9 Å². The van der Waals surface area contributed by atoms with E-state index in [1.54, 1.807) is 18.2 Å². The number of benzene rings is 2. The molecule has 1 amide bonds. The molecular weight excluding hydrogens is 342 g/mol. The predicted octanol–water partition coefficient (Wildman–Crippen LogP) is 3.91. The zero-order chi connectivity index (χ0) is 18.2. The minimum absolute atomic E-state index is 0.0670. The van der Waals surface area contributed by atoms with Crippen molar-refractivity contribution in [1.29, 1.82) is 0 Å². The first kappa shape index (κ1) is 18.8. The van der Waals surface area contributed by atoms with Gasteiger partial charge in [-0.25, -0.2) is 0 Å². The summed E-state index contributed by atoms with van der Waals surface area (Å²) in [5.41, 5.74) is 2.55. The number of carbonyl (C=O) groups excluding carboxylic acids is 2. The van der Waals surface area contributed by atoms with Crippen molar-refractivity contribution in [1.82, 2.24) is 0 Å². The Hall–Kier alpha value is -2.53. The van der Waals surface area contributed by atoms with E-state index in [4.69, 9.17) is 21.1 Å². The standard InChI is InChI=1S/C19H20ClNO4/c1-13-4-3-5-16(10-13)24-9-8-19(23)25-12-18(22)21-15-7-6-14(2)17(20)11-15/h3-7,10-11H,8-9,12H2,1-2H3,(H,21,22). The first-order valence-corrected chi connectivity index (χ1v) is 8.23. The molecule has 2 rings (SSSR count). The smallest absolute Gasteiger partial charge is 0.309 e. The Morgan fingerprint density at radius 1 is 1.12 bits per heavy atom. The van der Waals surface area contributed by atoms with E-state index in [1.165, 1.54) is 0 Å². The molecule has 1 N–H and O–H groups in total. The number of hydrogen-bond donors (Lipinski definition) is 1. The summed E-state index contributed by atoms with van der Waals surface area (Å²) in [5.74, 6) is -0.223. The maximum atomic E-state index is 11.8. The van der Waals surface area contributed by atoms with E-state index in [-0.39, 0.29) is 19.6 Å². The molecule has 0 radical (unpaired) electrons. The van der Waals surface area contributed by atoms with Crippen molar-refractivity contribution < 1.29 is 19.1 Å². The van der Waals surface area contributed by atoms with E-state index in [1.807, 2.05) is 38.1 Å². The van der Waals surface area contributed by atoms with Gasteiger partial charge in [-0.1, -0.05) is 29.8 Å². The predicted molar refractivity (Wildman–Crippen MR) is 97.1 cm³/mol. The van der Waals surface area contributed by atoms with Crippen LogP contribution in [0.2, 0.25) is 5.02 Å². The lowest BCUT2D eigenvalue weighted by atomic mass is 10.2. The monoisotopic (exact) mass is 361 g/mol. The number of esters is 1. The highest BCUT2D eigenvalue weighted by atomic mass is 35.5. The van der Waals surface area contributed by atoms with Crippen molar-refractivity contribution in [3.63, 3.8) is 0 Å². The number of nitrogens with one attached hydrogen (secondary N) is 1. The fraction of sp³-hybridized carbons (Fsp3) is 0.263. The first-order valence-electron chi connectivity index (χ1n) is 7.85. The zero-order valence-electron chi connectivity index (χ0n) is 14.2. The van der Waals surface area contributed by atoms with E-state index in [2.05, 4.69) is 5.32 Å². The van der Waals surface area contributed by atoms with Crippen molar-refractivity contribution in [2.24, 2.45) is 0 Å². The molecule has 0 aliphatic carbocycles. The second-order valence-corrected chi connectivity index (χ2v) is 5.99. The van der Waals surface area contributed by atoms with Crippen LogP contribution in [0.3, 0.4) is 0 Å². The number of ether oxygens (including phenoxy) is 2. The molecule has 0 aliphatic rings. The van der Waals surface area contributed by atoms with Crippen molar-refractivity contribution in [3.8, 4) is 5.75 Å². The second kappa shape index (κ2) is 9.08. The van der Waals surface area contributed by atoms with Crippen LogP contribution in [0, 0.1) is 13.8 Å². The fourth-order valence-corrected chi connectivity index (χ4v) is 2.22. The van der Waals surface area contributed by atoms with Crippen LogP contribution >= 0.6 is 11.6 Å². The molecular formula is C19H20ClNO4. The highest BCUT2D eigenvalue weighted by molar-refractivity contribution is 6.31. The Labute approximate surface area is 151 Å². The van der Waals surface area contributed by atoms with E-state index in [0.717, 1.165) is 11.1 Å². The first-order chi connectivity index (χ1) is 11.9. The van der Waals surface area contributed by atoms with E-state index in [9.17, 15) is 9.59 Å². The van der Waals surface area contributed by atoms with Gasteiger partial charge in [-0.15, -0.1) is 0 Å². The average Bonchev–Trinajstić information content (AvgIpc) is 2.56. The highest BCUT2D eigenvalue weighted by Crippen LogP contribution is 2.19. The zero-order valence-corrected chi connectivity index (χ0v) is 14.9. The highest BCUT2D eigenvalue weighted by Gasteiger charge is 2.09. The Morgan fingerprint density at radius 2 is 1.92 bits per heavy atom. The Morgan fingerprint density at radius 3 is 2.64 bits per heavy atom. The normalized spacial score (nSPS) is 10.2. The maximum Gasteiger partial charge on any atom is 0.309 e. The molecule has 0 spiro atoms. The summed E-state index contributed by atoms with van der Waals surface area (Å²) in [7, 11) is 0. The van der Waals surface area contributed by atoms with Gasteiger partial charge in [0.2, 0.25) is 0 Å². The summed E-state index contributed by atoms with van der Waals surface area (Å²) in [6, 6.07) is 12.7. The molecule has 0 bridgehead atoms. The van der Waals surface area contributed by atoms with Gasteiger partial charge in [0.25, 0.3) is 5.91 Å². The Kier molecular flexibility index (Phi) is 6.83. The lowest BCUT2D eigenvalue weighted by molar-refractivity contribution is -0.147. The van der Waals surface area contributed by atoms with Crippen LogP contribution in [-0.4, -0.2) is 25.1 Å². The molecule has 5 nitrogen and oxygen atoms in total. The Bertz CT molecular complexity index is 761. The Balaban J connectivity index is 1.68. The van der Waals surface area contributed by atoms with Crippen LogP contribution in [0.15, 0.2) is 42.5 Å². The molecule has 0 aliphatic heterocycles. The SMILES string of the molecule is Cc1cccc(OCCC(=O)OCC(=O)Nc2ccc(C)c(Cl)c2)c1. The summed E-state index contributed by atoms with van der Waals surface area (Å²) in [5, 5.41) is 3.18.